The van der Waals surface area contributed by atoms with Gasteiger partial charge < -0.3 is 5.32 Å². The van der Waals surface area contributed by atoms with Crippen molar-refractivity contribution in [2.75, 3.05) is 6.54 Å². The van der Waals surface area contributed by atoms with Crippen LogP contribution in [-0.4, -0.2) is 22.2 Å². The minimum absolute atomic E-state index is 0.153. The topological polar surface area (TPSA) is 70.7 Å². The zero-order valence-electron chi connectivity index (χ0n) is 11.3. The lowest BCUT2D eigenvalue weighted by atomic mass is 10.1. The second kappa shape index (κ2) is 6.53. The molecule has 0 atom stereocenters. The summed E-state index contributed by atoms with van der Waals surface area (Å²) in [6.45, 7) is 3.35. The number of aryl methyl sites for hydroxylation is 2. The van der Waals surface area contributed by atoms with Crippen molar-refractivity contribution >= 4 is 5.91 Å². The summed E-state index contributed by atoms with van der Waals surface area (Å²) >= 11 is 0. The largest absolute Gasteiger partial charge is 0.352 e. The molecule has 0 fully saturated rings. The first-order valence-electron chi connectivity index (χ1n) is 6.47. The molecule has 5 heteroatoms. The molecule has 0 unspecified atom stereocenters. The summed E-state index contributed by atoms with van der Waals surface area (Å²) in [6.07, 6.45) is 2.58. The smallest absolute Gasteiger partial charge is 0.251 e. The van der Waals surface area contributed by atoms with Gasteiger partial charge in [-0.3, -0.25) is 9.48 Å². The molecule has 2 rings (SSSR count). The van der Waals surface area contributed by atoms with Crippen molar-refractivity contribution in [1.82, 2.24) is 15.1 Å². The monoisotopic (exact) mass is 268 g/mol. The maximum absolute atomic E-state index is 11.9. The minimum atomic E-state index is -0.153. The van der Waals surface area contributed by atoms with Crippen LogP contribution < -0.4 is 5.32 Å². The Hall–Kier alpha value is -2.61. The van der Waals surface area contributed by atoms with Gasteiger partial charge >= 0.3 is 0 Å². The summed E-state index contributed by atoms with van der Waals surface area (Å²) in [6, 6.07) is 10.7. The predicted octanol–water partition coefficient (Wildman–Crippen LogP) is 1.88. The number of hydrogen-bond donors (Lipinski definition) is 1. The average molecular weight is 268 g/mol. The molecule has 2 aromatic rings. The number of nitriles is 1. The number of nitrogens with one attached hydrogen (secondary N) is 1. The van der Waals surface area contributed by atoms with Crippen molar-refractivity contribution in [2.45, 2.75) is 19.9 Å². The molecular weight excluding hydrogens is 252 g/mol. The van der Waals surface area contributed by atoms with Gasteiger partial charge in [-0.1, -0.05) is 6.07 Å². The number of aromatic nitrogens is 2. The van der Waals surface area contributed by atoms with Gasteiger partial charge in [0.05, 0.1) is 11.6 Å². The molecule has 5 nitrogen and oxygen atoms in total. The fourth-order valence-electron chi connectivity index (χ4n) is 1.90. The van der Waals surface area contributed by atoms with Crippen molar-refractivity contribution in [3.8, 4) is 6.07 Å². The molecule has 0 saturated heterocycles. The fourth-order valence-corrected chi connectivity index (χ4v) is 1.90. The van der Waals surface area contributed by atoms with E-state index in [9.17, 15) is 4.79 Å². The van der Waals surface area contributed by atoms with Gasteiger partial charge in [-0.15, -0.1) is 0 Å². The predicted molar refractivity (Wildman–Crippen MR) is 75.1 cm³/mol. The molecule has 0 aliphatic heterocycles. The molecule has 1 heterocycles. The number of nitrogens with zero attached hydrogens (tertiary/aromatic N) is 3. The van der Waals surface area contributed by atoms with Crippen molar-refractivity contribution in [3.63, 3.8) is 0 Å². The molecule has 1 amide bonds. The van der Waals surface area contributed by atoms with E-state index in [0.29, 0.717) is 17.7 Å². The number of benzene rings is 1. The Kier molecular flexibility index (Phi) is 4.51. The molecule has 0 aliphatic rings. The van der Waals surface area contributed by atoms with E-state index in [1.807, 2.05) is 23.7 Å². The van der Waals surface area contributed by atoms with Crippen molar-refractivity contribution in [2.24, 2.45) is 0 Å². The van der Waals surface area contributed by atoms with Crippen LogP contribution in [0.4, 0.5) is 0 Å². The first kappa shape index (κ1) is 13.8. The van der Waals surface area contributed by atoms with Crippen LogP contribution in [0.1, 0.15) is 28.0 Å². The van der Waals surface area contributed by atoms with Crippen LogP contribution in [-0.2, 0) is 6.54 Å². The quantitative estimate of drug-likeness (QED) is 0.842. The van der Waals surface area contributed by atoms with Crippen LogP contribution in [0.15, 0.2) is 36.5 Å². The number of carbonyl (C=O) groups excluding carboxylic acids is 1. The molecule has 0 spiro atoms. The molecule has 0 radical (unpaired) electrons. The molecule has 1 aromatic heterocycles. The van der Waals surface area contributed by atoms with E-state index < -0.39 is 0 Å². The highest BCUT2D eigenvalue weighted by Crippen LogP contribution is 2.04. The average Bonchev–Trinajstić information content (AvgIpc) is 2.89. The van der Waals surface area contributed by atoms with Crippen LogP contribution in [0.2, 0.25) is 0 Å². The van der Waals surface area contributed by atoms with Crippen LogP contribution in [0.3, 0.4) is 0 Å². The van der Waals surface area contributed by atoms with Crippen molar-refractivity contribution in [3.05, 3.63) is 53.3 Å². The summed E-state index contributed by atoms with van der Waals surface area (Å²) in [5, 5.41) is 15.8. The minimum Gasteiger partial charge on any atom is -0.352 e. The highest BCUT2D eigenvalue weighted by atomic mass is 16.1. The maximum Gasteiger partial charge on any atom is 0.251 e. The molecular formula is C15H16N4O. The number of amides is 1. The van der Waals surface area contributed by atoms with Crippen LogP contribution >= 0.6 is 0 Å². The van der Waals surface area contributed by atoms with Crippen LogP contribution in [0.25, 0.3) is 0 Å². The zero-order valence-corrected chi connectivity index (χ0v) is 11.3. The van der Waals surface area contributed by atoms with Gasteiger partial charge in [0.1, 0.15) is 0 Å². The highest BCUT2D eigenvalue weighted by Gasteiger charge is 2.05. The van der Waals surface area contributed by atoms with E-state index in [0.717, 1.165) is 18.7 Å². The number of carbonyl (C=O) groups is 1. The summed E-state index contributed by atoms with van der Waals surface area (Å²) in [5.74, 6) is -0.153. The van der Waals surface area contributed by atoms with E-state index >= 15 is 0 Å². The first-order chi connectivity index (χ1) is 9.70. The lowest BCUT2D eigenvalue weighted by Crippen LogP contribution is -2.25. The van der Waals surface area contributed by atoms with Crippen molar-refractivity contribution < 1.29 is 4.79 Å². The lowest BCUT2D eigenvalue weighted by Gasteiger charge is -2.07. The summed E-state index contributed by atoms with van der Waals surface area (Å²) in [4.78, 5) is 11.9. The van der Waals surface area contributed by atoms with Gasteiger partial charge in [0, 0.05) is 30.5 Å². The van der Waals surface area contributed by atoms with Gasteiger partial charge in [-0.05, 0) is 37.6 Å². The second-order valence-electron chi connectivity index (χ2n) is 4.50. The van der Waals surface area contributed by atoms with Gasteiger partial charge in [0.2, 0.25) is 0 Å². The first-order valence-corrected chi connectivity index (χ1v) is 6.47. The van der Waals surface area contributed by atoms with E-state index in [4.69, 9.17) is 5.26 Å². The second-order valence-corrected chi connectivity index (χ2v) is 4.50. The molecule has 102 valence electrons. The Morgan fingerprint density at radius 2 is 2.30 bits per heavy atom. The standard InChI is InChI=1S/C15H16N4O/c1-12-6-8-18-19(12)9-3-7-17-15(20)14-5-2-4-13(10-14)11-16/h2,4-6,8,10H,3,7,9H2,1H3,(H,17,20). The van der Waals surface area contributed by atoms with Crippen LogP contribution in [0.5, 0.6) is 0 Å². The van der Waals surface area contributed by atoms with E-state index in [1.54, 1.807) is 30.5 Å². The number of rotatable bonds is 5. The Balaban J connectivity index is 1.80. The maximum atomic E-state index is 11.9. The van der Waals surface area contributed by atoms with E-state index in [1.165, 1.54) is 0 Å². The highest BCUT2D eigenvalue weighted by molar-refractivity contribution is 5.94. The third-order valence-corrected chi connectivity index (χ3v) is 3.02. The van der Waals surface area contributed by atoms with E-state index in [2.05, 4.69) is 10.4 Å². The third kappa shape index (κ3) is 3.45. The van der Waals surface area contributed by atoms with Gasteiger partial charge in [-0.25, -0.2) is 0 Å². The molecule has 1 N–H and O–H groups in total. The summed E-state index contributed by atoms with van der Waals surface area (Å²) in [7, 11) is 0. The Bertz CT molecular complexity index is 639. The fraction of sp³-hybridized carbons (Fsp3) is 0.267. The Morgan fingerprint density at radius 1 is 1.45 bits per heavy atom. The van der Waals surface area contributed by atoms with Crippen molar-refractivity contribution in [1.29, 1.82) is 5.26 Å². The SMILES string of the molecule is Cc1ccnn1CCCNC(=O)c1cccc(C#N)c1. The molecule has 1 aromatic carbocycles. The number of hydrogen-bond acceptors (Lipinski definition) is 3. The molecule has 20 heavy (non-hydrogen) atoms. The van der Waals surface area contributed by atoms with Gasteiger partial charge in [0.25, 0.3) is 5.91 Å². The molecule has 0 aliphatic carbocycles. The van der Waals surface area contributed by atoms with Gasteiger partial charge in [-0.2, -0.15) is 10.4 Å². The summed E-state index contributed by atoms with van der Waals surface area (Å²) < 4.78 is 1.91. The molecule has 0 saturated carbocycles. The van der Waals surface area contributed by atoms with E-state index in [-0.39, 0.29) is 5.91 Å². The Morgan fingerprint density at radius 3 is 3.00 bits per heavy atom. The van der Waals surface area contributed by atoms with Crippen LogP contribution in [0, 0.1) is 18.3 Å². The molecule has 0 bridgehead atoms. The summed E-state index contributed by atoms with van der Waals surface area (Å²) in [5.41, 5.74) is 2.11. The Labute approximate surface area is 117 Å². The zero-order chi connectivity index (χ0) is 14.4. The lowest BCUT2D eigenvalue weighted by molar-refractivity contribution is 0.0952. The third-order valence-electron chi connectivity index (χ3n) is 3.02. The normalized spacial score (nSPS) is 10.0. The van der Waals surface area contributed by atoms with Gasteiger partial charge in [0.15, 0.2) is 0 Å².